The van der Waals surface area contributed by atoms with Crippen LogP contribution in [0.1, 0.15) is 33.1 Å². The quantitative estimate of drug-likeness (QED) is 0.642. The lowest BCUT2D eigenvalue weighted by Gasteiger charge is -2.20. The van der Waals surface area contributed by atoms with Crippen molar-refractivity contribution < 1.29 is 9.53 Å². The molecule has 0 aliphatic carbocycles. The van der Waals surface area contributed by atoms with Crippen molar-refractivity contribution in [2.24, 2.45) is 0 Å². The molecular formula is C11H22N2O2. The number of unbranched alkanes of at least 4 members (excludes halogenated alkanes) is 1. The summed E-state index contributed by atoms with van der Waals surface area (Å²) in [7, 11) is 0. The number of carbonyl (C=O) groups excluding carboxylic acids is 1. The lowest BCUT2D eigenvalue weighted by molar-refractivity contribution is -0.127. The summed E-state index contributed by atoms with van der Waals surface area (Å²) in [5.41, 5.74) is 0. The van der Waals surface area contributed by atoms with Crippen LogP contribution in [-0.2, 0) is 9.53 Å². The first-order chi connectivity index (χ1) is 7.25. The highest BCUT2D eigenvalue weighted by atomic mass is 16.5. The maximum atomic E-state index is 11.4. The van der Waals surface area contributed by atoms with Crippen LogP contribution >= 0.6 is 0 Å². The molecule has 1 heterocycles. The lowest BCUT2D eigenvalue weighted by atomic mass is 10.3. The first-order valence-electron chi connectivity index (χ1n) is 5.86. The van der Waals surface area contributed by atoms with Crippen LogP contribution < -0.4 is 5.32 Å². The summed E-state index contributed by atoms with van der Waals surface area (Å²) in [6, 6.07) is 0. The van der Waals surface area contributed by atoms with E-state index in [4.69, 9.17) is 4.74 Å². The summed E-state index contributed by atoms with van der Waals surface area (Å²) in [6.45, 7) is 7.06. The predicted octanol–water partition coefficient (Wildman–Crippen LogP) is 0.971. The molecule has 1 atom stereocenters. The normalized spacial score (nSPS) is 21.3. The number of hydrogen-bond donors (Lipinski definition) is 1. The van der Waals surface area contributed by atoms with E-state index in [0.717, 1.165) is 32.6 Å². The summed E-state index contributed by atoms with van der Waals surface area (Å²) >= 11 is 0. The molecule has 1 rings (SSSR count). The monoisotopic (exact) mass is 214 g/mol. The van der Waals surface area contributed by atoms with Crippen molar-refractivity contribution in [2.45, 2.75) is 39.3 Å². The molecule has 4 nitrogen and oxygen atoms in total. The van der Waals surface area contributed by atoms with Gasteiger partial charge < -0.3 is 9.64 Å². The van der Waals surface area contributed by atoms with E-state index in [0.29, 0.717) is 6.54 Å². The van der Waals surface area contributed by atoms with E-state index in [9.17, 15) is 4.79 Å². The molecule has 1 fully saturated rings. The maximum absolute atomic E-state index is 11.4. The van der Waals surface area contributed by atoms with Crippen molar-refractivity contribution in [3.8, 4) is 0 Å². The molecule has 1 amide bonds. The molecule has 0 bridgehead atoms. The van der Waals surface area contributed by atoms with Crippen LogP contribution in [0, 0.1) is 0 Å². The summed E-state index contributed by atoms with van der Waals surface area (Å²) in [6.07, 6.45) is 3.42. The standard InChI is InChI=1S/C11H22N2O2/c1-3-4-7-15-8-5-6-13-10(2)12-9-11(13)14/h10,12H,3-9H2,1-2H3. The van der Waals surface area contributed by atoms with Crippen LogP contribution in [0.4, 0.5) is 0 Å². The zero-order valence-corrected chi connectivity index (χ0v) is 9.79. The van der Waals surface area contributed by atoms with Gasteiger partial charge >= 0.3 is 0 Å². The summed E-state index contributed by atoms with van der Waals surface area (Å²) < 4.78 is 5.45. The third-order valence-corrected chi connectivity index (χ3v) is 2.67. The van der Waals surface area contributed by atoms with Gasteiger partial charge in [0.25, 0.3) is 0 Å². The molecule has 1 aliphatic heterocycles. The molecule has 1 N–H and O–H groups in total. The fraction of sp³-hybridized carbons (Fsp3) is 0.909. The lowest BCUT2D eigenvalue weighted by Crippen LogP contribution is -2.35. The van der Waals surface area contributed by atoms with Gasteiger partial charge in [0.05, 0.1) is 12.7 Å². The zero-order valence-electron chi connectivity index (χ0n) is 9.79. The van der Waals surface area contributed by atoms with Gasteiger partial charge in [-0.05, 0) is 19.8 Å². The second-order valence-corrected chi connectivity index (χ2v) is 3.96. The van der Waals surface area contributed by atoms with E-state index in [1.807, 2.05) is 11.8 Å². The van der Waals surface area contributed by atoms with Crippen LogP contribution in [0.2, 0.25) is 0 Å². The topological polar surface area (TPSA) is 41.6 Å². The number of rotatable bonds is 7. The molecule has 0 aromatic rings. The zero-order chi connectivity index (χ0) is 11.1. The van der Waals surface area contributed by atoms with Crippen molar-refractivity contribution in [2.75, 3.05) is 26.3 Å². The Balaban J connectivity index is 2.02. The Labute approximate surface area is 92.0 Å². The molecule has 0 saturated carbocycles. The number of nitrogens with one attached hydrogen (secondary N) is 1. The van der Waals surface area contributed by atoms with E-state index in [1.54, 1.807) is 0 Å². The smallest absolute Gasteiger partial charge is 0.237 e. The van der Waals surface area contributed by atoms with E-state index < -0.39 is 0 Å². The second kappa shape index (κ2) is 6.80. The highest BCUT2D eigenvalue weighted by Crippen LogP contribution is 2.04. The average Bonchev–Trinajstić information content (AvgIpc) is 2.54. The van der Waals surface area contributed by atoms with Gasteiger partial charge in [-0.15, -0.1) is 0 Å². The minimum atomic E-state index is 0.188. The molecule has 0 aromatic carbocycles. The van der Waals surface area contributed by atoms with Crippen LogP contribution in [0.3, 0.4) is 0 Å². The Bertz CT molecular complexity index is 197. The van der Waals surface area contributed by atoms with Gasteiger partial charge in [-0.2, -0.15) is 0 Å². The molecule has 4 heteroatoms. The van der Waals surface area contributed by atoms with E-state index in [1.165, 1.54) is 6.42 Å². The Morgan fingerprint density at radius 2 is 2.20 bits per heavy atom. The third-order valence-electron chi connectivity index (χ3n) is 2.67. The number of nitrogens with zero attached hydrogens (tertiary/aromatic N) is 1. The van der Waals surface area contributed by atoms with Crippen LogP contribution in [0.15, 0.2) is 0 Å². The van der Waals surface area contributed by atoms with Gasteiger partial charge in [0, 0.05) is 19.8 Å². The summed E-state index contributed by atoms with van der Waals surface area (Å²) in [5, 5.41) is 3.12. The number of carbonyl (C=O) groups is 1. The first kappa shape index (κ1) is 12.5. The minimum absolute atomic E-state index is 0.188. The van der Waals surface area contributed by atoms with E-state index in [-0.39, 0.29) is 12.1 Å². The van der Waals surface area contributed by atoms with Crippen LogP contribution in [0.5, 0.6) is 0 Å². The molecule has 88 valence electrons. The Kier molecular flexibility index (Phi) is 5.65. The number of hydrogen-bond acceptors (Lipinski definition) is 3. The van der Waals surface area contributed by atoms with Gasteiger partial charge in [-0.3, -0.25) is 10.1 Å². The molecule has 1 unspecified atom stereocenters. The van der Waals surface area contributed by atoms with Gasteiger partial charge in [-0.25, -0.2) is 0 Å². The maximum Gasteiger partial charge on any atom is 0.237 e. The Morgan fingerprint density at radius 3 is 2.80 bits per heavy atom. The largest absolute Gasteiger partial charge is 0.381 e. The highest BCUT2D eigenvalue weighted by Gasteiger charge is 2.25. The third kappa shape index (κ3) is 4.18. The van der Waals surface area contributed by atoms with Crippen LogP contribution in [-0.4, -0.2) is 43.3 Å². The van der Waals surface area contributed by atoms with E-state index >= 15 is 0 Å². The Hall–Kier alpha value is -0.610. The fourth-order valence-electron chi connectivity index (χ4n) is 1.67. The second-order valence-electron chi connectivity index (χ2n) is 3.96. The number of ether oxygens (including phenoxy) is 1. The predicted molar refractivity (Wildman–Crippen MR) is 59.5 cm³/mol. The van der Waals surface area contributed by atoms with E-state index in [2.05, 4.69) is 12.2 Å². The van der Waals surface area contributed by atoms with Crippen molar-refractivity contribution in [3.63, 3.8) is 0 Å². The van der Waals surface area contributed by atoms with Crippen molar-refractivity contribution in [3.05, 3.63) is 0 Å². The van der Waals surface area contributed by atoms with Gasteiger partial charge in [-0.1, -0.05) is 13.3 Å². The molecule has 0 aromatic heterocycles. The van der Waals surface area contributed by atoms with Gasteiger partial charge in [0.2, 0.25) is 5.91 Å². The summed E-state index contributed by atoms with van der Waals surface area (Å²) in [4.78, 5) is 13.3. The molecule has 0 spiro atoms. The minimum Gasteiger partial charge on any atom is -0.381 e. The highest BCUT2D eigenvalue weighted by molar-refractivity contribution is 5.80. The first-order valence-corrected chi connectivity index (χ1v) is 5.86. The fourth-order valence-corrected chi connectivity index (χ4v) is 1.67. The molecular weight excluding hydrogens is 192 g/mol. The van der Waals surface area contributed by atoms with Crippen molar-refractivity contribution >= 4 is 5.91 Å². The summed E-state index contributed by atoms with van der Waals surface area (Å²) in [5.74, 6) is 0.205. The van der Waals surface area contributed by atoms with Crippen LogP contribution in [0.25, 0.3) is 0 Å². The van der Waals surface area contributed by atoms with Crippen molar-refractivity contribution in [1.82, 2.24) is 10.2 Å². The molecule has 1 saturated heterocycles. The number of amides is 1. The van der Waals surface area contributed by atoms with Gasteiger partial charge in [0.1, 0.15) is 0 Å². The SMILES string of the molecule is CCCCOCCCN1C(=O)CNC1C. The van der Waals surface area contributed by atoms with Gasteiger partial charge in [0.15, 0.2) is 0 Å². The Morgan fingerprint density at radius 1 is 1.47 bits per heavy atom. The van der Waals surface area contributed by atoms with Crippen molar-refractivity contribution in [1.29, 1.82) is 0 Å². The molecule has 0 radical (unpaired) electrons. The average molecular weight is 214 g/mol. The molecule has 15 heavy (non-hydrogen) atoms. The molecule has 1 aliphatic rings.